The number of aryl methyl sites for hydroxylation is 3. The first-order valence-electron chi connectivity index (χ1n) is 6.98. The molecule has 3 nitrogen and oxygen atoms in total. The van der Waals surface area contributed by atoms with Gasteiger partial charge in [-0.25, -0.2) is 4.98 Å². The summed E-state index contributed by atoms with van der Waals surface area (Å²) in [6.07, 6.45) is 4.89. The summed E-state index contributed by atoms with van der Waals surface area (Å²) in [5.41, 5.74) is 2.72. The number of hydrogen-bond donors (Lipinski definition) is 1. The van der Waals surface area contributed by atoms with E-state index in [1.165, 1.54) is 11.1 Å². The van der Waals surface area contributed by atoms with Gasteiger partial charge in [0.1, 0.15) is 5.76 Å². The Morgan fingerprint density at radius 1 is 1.21 bits per heavy atom. The van der Waals surface area contributed by atoms with Crippen LogP contribution in [0.2, 0.25) is 0 Å². The number of nitrogens with one attached hydrogen (secondary N) is 1. The first-order chi connectivity index (χ1) is 9.29. The smallest absolute Gasteiger partial charge is 0.208 e. The van der Waals surface area contributed by atoms with E-state index in [9.17, 15) is 0 Å². The van der Waals surface area contributed by atoms with Crippen LogP contribution in [0.15, 0.2) is 34.9 Å². The lowest BCUT2D eigenvalue weighted by molar-refractivity contribution is 0.435. The number of rotatable bonds is 7. The van der Waals surface area contributed by atoms with Crippen LogP contribution in [-0.4, -0.2) is 11.5 Å². The van der Waals surface area contributed by atoms with E-state index in [-0.39, 0.29) is 0 Å². The summed E-state index contributed by atoms with van der Waals surface area (Å²) in [5, 5.41) is 3.29. The van der Waals surface area contributed by atoms with Crippen LogP contribution in [0, 0.1) is 6.92 Å². The Kier molecular flexibility index (Phi) is 5.16. The minimum absolute atomic E-state index is 0.720. The summed E-state index contributed by atoms with van der Waals surface area (Å²) in [7, 11) is 0. The van der Waals surface area contributed by atoms with Gasteiger partial charge in [-0.2, -0.15) is 0 Å². The molecule has 0 radical (unpaired) electrons. The predicted octanol–water partition coefficient (Wildman–Crippen LogP) is 3.27. The first kappa shape index (κ1) is 13.8. The summed E-state index contributed by atoms with van der Waals surface area (Å²) in [6.45, 7) is 6.02. The van der Waals surface area contributed by atoms with Crippen molar-refractivity contribution in [1.29, 1.82) is 0 Å². The molecule has 0 saturated heterocycles. The second kappa shape index (κ2) is 7.10. The van der Waals surface area contributed by atoms with Crippen molar-refractivity contribution >= 4 is 0 Å². The Bertz CT molecular complexity index is 505. The zero-order valence-corrected chi connectivity index (χ0v) is 11.8. The highest BCUT2D eigenvalue weighted by molar-refractivity contribution is 5.26. The molecule has 0 aliphatic carbocycles. The topological polar surface area (TPSA) is 38.1 Å². The molecule has 0 aliphatic heterocycles. The van der Waals surface area contributed by atoms with E-state index in [0.717, 1.165) is 44.0 Å². The van der Waals surface area contributed by atoms with Crippen molar-refractivity contribution in [2.45, 2.75) is 39.7 Å². The van der Waals surface area contributed by atoms with Gasteiger partial charge in [-0.1, -0.05) is 31.2 Å². The summed E-state index contributed by atoms with van der Waals surface area (Å²) < 4.78 is 5.72. The number of benzene rings is 1. The Morgan fingerprint density at radius 3 is 2.84 bits per heavy atom. The van der Waals surface area contributed by atoms with Crippen molar-refractivity contribution < 1.29 is 4.42 Å². The third-order valence-electron chi connectivity index (χ3n) is 3.21. The highest BCUT2D eigenvalue weighted by Crippen LogP contribution is 2.12. The summed E-state index contributed by atoms with van der Waals surface area (Å²) >= 11 is 0. The minimum atomic E-state index is 0.720. The van der Waals surface area contributed by atoms with Gasteiger partial charge in [0, 0.05) is 6.42 Å². The maximum Gasteiger partial charge on any atom is 0.208 e. The van der Waals surface area contributed by atoms with Crippen LogP contribution in [0.25, 0.3) is 0 Å². The molecule has 0 bridgehead atoms. The van der Waals surface area contributed by atoms with E-state index in [0.29, 0.717) is 0 Å². The lowest BCUT2D eigenvalue weighted by atomic mass is 10.0. The molecule has 19 heavy (non-hydrogen) atoms. The average molecular weight is 258 g/mol. The minimum Gasteiger partial charge on any atom is -0.444 e. The van der Waals surface area contributed by atoms with Crippen LogP contribution in [0.4, 0.5) is 0 Å². The van der Waals surface area contributed by atoms with Crippen LogP contribution in [0.5, 0.6) is 0 Å². The lowest BCUT2D eigenvalue weighted by Crippen LogP contribution is -2.13. The van der Waals surface area contributed by atoms with Gasteiger partial charge in [0.2, 0.25) is 5.89 Å². The van der Waals surface area contributed by atoms with Crippen molar-refractivity contribution in [2.75, 3.05) is 6.54 Å². The molecule has 102 valence electrons. The van der Waals surface area contributed by atoms with Gasteiger partial charge < -0.3 is 9.73 Å². The quantitative estimate of drug-likeness (QED) is 0.775. The zero-order valence-electron chi connectivity index (χ0n) is 11.8. The first-order valence-corrected chi connectivity index (χ1v) is 6.98. The summed E-state index contributed by atoms with van der Waals surface area (Å²) in [4.78, 5) is 4.29. The van der Waals surface area contributed by atoms with Gasteiger partial charge in [0.05, 0.1) is 12.7 Å². The van der Waals surface area contributed by atoms with Crippen molar-refractivity contribution in [1.82, 2.24) is 10.3 Å². The molecule has 0 unspecified atom stereocenters. The van der Waals surface area contributed by atoms with E-state index in [1.54, 1.807) is 0 Å². The average Bonchev–Trinajstić information content (AvgIpc) is 2.86. The van der Waals surface area contributed by atoms with Gasteiger partial charge in [0.25, 0.3) is 0 Å². The molecule has 1 N–H and O–H groups in total. The van der Waals surface area contributed by atoms with Crippen molar-refractivity contribution in [3.05, 3.63) is 53.2 Å². The molecule has 2 rings (SSSR count). The molecule has 0 fully saturated rings. The third kappa shape index (κ3) is 4.21. The Morgan fingerprint density at radius 2 is 2.05 bits per heavy atom. The second-order valence-electron chi connectivity index (χ2n) is 4.82. The lowest BCUT2D eigenvalue weighted by Gasteiger charge is -2.03. The summed E-state index contributed by atoms with van der Waals surface area (Å²) in [5.74, 6) is 1.75. The molecule has 2 aromatic rings. The molecular weight excluding hydrogens is 236 g/mol. The molecule has 1 aromatic heterocycles. The van der Waals surface area contributed by atoms with Crippen LogP contribution in [0.1, 0.15) is 36.1 Å². The molecule has 0 spiro atoms. The van der Waals surface area contributed by atoms with Gasteiger partial charge in [-0.15, -0.1) is 0 Å². The molecule has 1 heterocycles. The van der Waals surface area contributed by atoms with Crippen molar-refractivity contribution in [3.63, 3.8) is 0 Å². The fourth-order valence-electron chi connectivity index (χ4n) is 2.07. The highest BCUT2D eigenvalue weighted by atomic mass is 16.4. The molecule has 3 heteroatoms. The van der Waals surface area contributed by atoms with Crippen LogP contribution in [-0.2, 0) is 19.4 Å². The van der Waals surface area contributed by atoms with Crippen molar-refractivity contribution in [2.24, 2.45) is 0 Å². The Balaban J connectivity index is 1.85. The molecule has 0 atom stereocenters. The number of oxazole rings is 1. The normalized spacial score (nSPS) is 10.8. The maximum atomic E-state index is 5.72. The number of aromatic nitrogens is 1. The predicted molar refractivity (Wildman–Crippen MR) is 77.1 cm³/mol. The fraction of sp³-hybridized carbons (Fsp3) is 0.438. The number of nitrogens with zero attached hydrogens (tertiary/aromatic N) is 1. The van der Waals surface area contributed by atoms with E-state index in [4.69, 9.17) is 4.42 Å². The second-order valence-corrected chi connectivity index (χ2v) is 4.82. The van der Waals surface area contributed by atoms with Crippen LogP contribution >= 0.6 is 0 Å². The molecule has 0 saturated carbocycles. The van der Waals surface area contributed by atoms with Gasteiger partial charge >= 0.3 is 0 Å². The molecule has 0 amide bonds. The van der Waals surface area contributed by atoms with E-state index >= 15 is 0 Å². The van der Waals surface area contributed by atoms with E-state index in [2.05, 4.69) is 48.4 Å². The largest absolute Gasteiger partial charge is 0.444 e. The van der Waals surface area contributed by atoms with Gasteiger partial charge in [0.15, 0.2) is 0 Å². The third-order valence-corrected chi connectivity index (χ3v) is 3.21. The summed E-state index contributed by atoms with van der Waals surface area (Å²) in [6, 6.07) is 8.48. The van der Waals surface area contributed by atoms with Crippen molar-refractivity contribution in [3.8, 4) is 0 Å². The molecule has 1 aromatic carbocycles. The fourth-order valence-corrected chi connectivity index (χ4v) is 2.07. The maximum absolute atomic E-state index is 5.72. The molecule has 0 aliphatic rings. The van der Waals surface area contributed by atoms with Crippen LogP contribution in [0.3, 0.4) is 0 Å². The monoisotopic (exact) mass is 258 g/mol. The standard InChI is InChI=1S/C16H22N2O/c1-3-10-17-12-16-18-11-15(19-16)9-8-14-7-5-4-6-13(14)2/h4-7,11,17H,3,8-10,12H2,1-2H3. The van der Waals surface area contributed by atoms with E-state index < -0.39 is 0 Å². The van der Waals surface area contributed by atoms with Crippen LogP contribution < -0.4 is 5.32 Å². The Hall–Kier alpha value is -1.61. The molecular formula is C16H22N2O. The zero-order chi connectivity index (χ0) is 13.5. The SMILES string of the molecule is CCCNCc1ncc(CCc2ccccc2C)o1. The van der Waals surface area contributed by atoms with Gasteiger partial charge in [-0.3, -0.25) is 0 Å². The highest BCUT2D eigenvalue weighted by Gasteiger charge is 2.05. The van der Waals surface area contributed by atoms with E-state index in [1.807, 2.05) is 6.20 Å². The number of hydrogen-bond acceptors (Lipinski definition) is 3. The Labute approximate surface area is 115 Å². The van der Waals surface area contributed by atoms with Gasteiger partial charge in [-0.05, 0) is 37.4 Å².